The molecule has 0 aromatic carbocycles. The summed E-state index contributed by atoms with van der Waals surface area (Å²) in [7, 11) is 0. The summed E-state index contributed by atoms with van der Waals surface area (Å²) in [5, 5.41) is 8.58. The van der Waals surface area contributed by atoms with Gasteiger partial charge in [-0.2, -0.15) is 0 Å². The van der Waals surface area contributed by atoms with E-state index in [2.05, 4.69) is 20.9 Å². The largest absolute Gasteiger partial charge is 0.385 e. The lowest BCUT2D eigenvalue weighted by Gasteiger charge is -1.85. The second-order valence-corrected chi connectivity index (χ2v) is 2.61. The second kappa shape index (κ2) is 4.41. The Hall–Kier alpha value is -0.410. The predicted molar refractivity (Wildman–Crippen MR) is 43.4 cm³/mol. The van der Waals surface area contributed by atoms with E-state index in [9.17, 15) is 0 Å². The van der Waals surface area contributed by atoms with Gasteiger partial charge in [-0.1, -0.05) is 7.43 Å². The van der Waals surface area contributed by atoms with Crippen LogP contribution in [0.3, 0.4) is 0 Å². The van der Waals surface area contributed by atoms with Crippen LogP contribution in [0.15, 0.2) is 22.8 Å². The van der Waals surface area contributed by atoms with Crippen LogP contribution < -0.4 is 4.98 Å². The minimum absolute atomic E-state index is 0. The van der Waals surface area contributed by atoms with Crippen molar-refractivity contribution in [1.29, 1.82) is 0 Å². The number of hydrogen-bond donors (Lipinski definition) is 1. The fourth-order valence-corrected chi connectivity index (χ4v) is 0.783. The van der Waals surface area contributed by atoms with Crippen molar-refractivity contribution in [3.63, 3.8) is 0 Å². The maximum atomic E-state index is 8.58. The highest BCUT2D eigenvalue weighted by molar-refractivity contribution is 9.10. The molecule has 2 nitrogen and oxygen atoms in total. The lowest BCUT2D eigenvalue weighted by molar-refractivity contribution is -0.395. The summed E-state index contributed by atoms with van der Waals surface area (Å²) in [5.74, 6) is 0. The van der Waals surface area contributed by atoms with Gasteiger partial charge >= 0.3 is 0 Å². The van der Waals surface area contributed by atoms with E-state index in [1.165, 1.54) is 0 Å². The highest BCUT2D eigenvalue weighted by atomic mass is 79.9. The molecule has 2 N–H and O–H groups in total. The van der Waals surface area contributed by atoms with Crippen LogP contribution in [0.4, 0.5) is 0 Å². The van der Waals surface area contributed by atoms with E-state index in [0.29, 0.717) is 0 Å². The average Bonchev–Trinajstić information content (AvgIpc) is 1.90. The average molecular weight is 205 g/mol. The van der Waals surface area contributed by atoms with E-state index < -0.39 is 0 Å². The molecule has 0 atom stereocenters. The number of pyridine rings is 1. The lowest BCUT2D eigenvalue weighted by atomic mass is 10.4. The first-order valence-electron chi connectivity index (χ1n) is 2.60. The van der Waals surface area contributed by atoms with Gasteiger partial charge in [0.2, 0.25) is 5.69 Å². The maximum Gasteiger partial charge on any atom is 0.205 e. The molecule has 1 rings (SSSR count). The Bertz CT molecular complexity index is 185. The van der Waals surface area contributed by atoms with Crippen molar-refractivity contribution in [1.82, 2.24) is 0 Å². The van der Waals surface area contributed by atoms with Gasteiger partial charge in [0.15, 0.2) is 6.20 Å². The van der Waals surface area contributed by atoms with E-state index in [4.69, 9.17) is 5.11 Å². The van der Waals surface area contributed by atoms with Gasteiger partial charge in [-0.05, 0) is 22.0 Å². The van der Waals surface area contributed by atoms with Crippen molar-refractivity contribution >= 4 is 15.9 Å². The van der Waals surface area contributed by atoms with Crippen LogP contribution in [0.25, 0.3) is 0 Å². The highest BCUT2D eigenvalue weighted by Crippen LogP contribution is 2.03. The molecule has 1 aromatic heterocycles. The predicted octanol–water partition coefficient (Wildman–Crippen LogP) is 1.39. The van der Waals surface area contributed by atoms with E-state index in [1.807, 2.05) is 12.1 Å². The third kappa shape index (κ3) is 2.45. The zero-order chi connectivity index (χ0) is 6.69. The molecule has 0 spiro atoms. The molecule has 0 saturated carbocycles. The van der Waals surface area contributed by atoms with Gasteiger partial charge in [0, 0.05) is 6.07 Å². The van der Waals surface area contributed by atoms with Crippen molar-refractivity contribution in [2.24, 2.45) is 0 Å². The number of rotatable bonds is 1. The standard InChI is InChI=1S/C6H6BrNO.CH4/c7-5-1-2-6(4-9)8-3-5;/h1-3,9H,4H2;1H4/p+1. The van der Waals surface area contributed by atoms with E-state index >= 15 is 0 Å². The van der Waals surface area contributed by atoms with Gasteiger partial charge in [-0.3, -0.25) is 0 Å². The summed E-state index contributed by atoms with van der Waals surface area (Å²) in [6, 6.07) is 3.70. The molecule has 0 aliphatic carbocycles. The van der Waals surface area contributed by atoms with Gasteiger partial charge in [0.1, 0.15) is 6.61 Å². The van der Waals surface area contributed by atoms with Gasteiger partial charge < -0.3 is 5.11 Å². The molecule has 3 heteroatoms. The first kappa shape index (κ1) is 9.59. The number of aliphatic hydroxyl groups excluding tert-OH is 1. The number of aliphatic hydroxyl groups is 1. The highest BCUT2D eigenvalue weighted by Gasteiger charge is 1.95. The van der Waals surface area contributed by atoms with E-state index in [1.54, 1.807) is 6.20 Å². The van der Waals surface area contributed by atoms with E-state index in [0.717, 1.165) is 10.2 Å². The topological polar surface area (TPSA) is 34.4 Å². The number of nitrogens with one attached hydrogen (secondary N) is 1. The van der Waals surface area contributed by atoms with Crippen LogP contribution in [0.5, 0.6) is 0 Å². The molecular weight excluding hydrogens is 194 g/mol. The molecule has 1 heterocycles. The number of halogens is 1. The van der Waals surface area contributed by atoms with Crippen molar-refractivity contribution in [2.75, 3.05) is 0 Å². The van der Waals surface area contributed by atoms with Crippen molar-refractivity contribution < 1.29 is 10.1 Å². The van der Waals surface area contributed by atoms with Crippen LogP contribution in [-0.4, -0.2) is 5.11 Å². The molecular formula is C7H11BrNO+. The van der Waals surface area contributed by atoms with Crippen LogP contribution in [0.1, 0.15) is 13.1 Å². The molecule has 10 heavy (non-hydrogen) atoms. The van der Waals surface area contributed by atoms with Crippen LogP contribution in [-0.2, 0) is 6.61 Å². The molecule has 56 valence electrons. The summed E-state index contributed by atoms with van der Waals surface area (Å²) < 4.78 is 0.986. The Kier molecular flexibility index (Phi) is 4.23. The molecule has 0 radical (unpaired) electrons. The Morgan fingerprint density at radius 1 is 1.50 bits per heavy atom. The molecule has 0 amide bonds. The first-order valence-corrected chi connectivity index (χ1v) is 3.39. The number of aromatic nitrogens is 1. The maximum absolute atomic E-state index is 8.58. The van der Waals surface area contributed by atoms with Gasteiger partial charge in [0.05, 0.1) is 4.47 Å². The van der Waals surface area contributed by atoms with E-state index in [-0.39, 0.29) is 14.0 Å². The quantitative estimate of drug-likeness (QED) is 0.738. The Balaban J connectivity index is 0.000000810. The smallest absolute Gasteiger partial charge is 0.205 e. The molecule has 0 aliphatic heterocycles. The SMILES string of the molecule is C.OCc1ccc(Br)c[nH+]1. The second-order valence-electron chi connectivity index (χ2n) is 1.69. The van der Waals surface area contributed by atoms with Gasteiger partial charge in [-0.15, -0.1) is 0 Å². The zero-order valence-corrected chi connectivity index (χ0v) is 6.35. The number of aromatic amines is 1. The molecule has 0 aliphatic rings. The fourth-order valence-electron chi connectivity index (χ4n) is 0.536. The van der Waals surface area contributed by atoms with Crippen LogP contribution in [0.2, 0.25) is 0 Å². The van der Waals surface area contributed by atoms with Crippen molar-refractivity contribution in [2.45, 2.75) is 14.0 Å². The number of H-pyrrole nitrogens is 1. The summed E-state index contributed by atoms with van der Waals surface area (Å²) in [6.45, 7) is 0.0628. The Morgan fingerprint density at radius 2 is 2.20 bits per heavy atom. The monoisotopic (exact) mass is 204 g/mol. The Morgan fingerprint density at radius 3 is 2.60 bits per heavy atom. The number of hydrogen-bond acceptors (Lipinski definition) is 1. The van der Waals surface area contributed by atoms with Gasteiger partial charge in [-0.25, -0.2) is 4.98 Å². The molecule has 0 fully saturated rings. The van der Waals surface area contributed by atoms with Crippen molar-refractivity contribution in [3.05, 3.63) is 28.5 Å². The summed E-state index contributed by atoms with van der Waals surface area (Å²) >= 11 is 3.26. The fraction of sp³-hybridized carbons (Fsp3) is 0.286. The first-order chi connectivity index (χ1) is 4.33. The third-order valence-electron chi connectivity index (χ3n) is 1.01. The lowest BCUT2D eigenvalue weighted by Crippen LogP contribution is -2.08. The minimum atomic E-state index is 0. The van der Waals surface area contributed by atoms with Crippen LogP contribution in [0, 0.1) is 0 Å². The summed E-state index contributed by atoms with van der Waals surface area (Å²) in [6.07, 6.45) is 1.78. The third-order valence-corrected chi connectivity index (χ3v) is 1.50. The molecule has 1 aromatic rings. The summed E-state index contributed by atoms with van der Waals surface area (Å²) in [4.78, 5) is 2.89. The Labute approximate surface area is 69.0 Å². The molecule has 0 bridgehead atoms. The summed E-state index contributed by atoms with van der Waals surface area (Å²) in [5.41, 5.74) is 0.818. The van der Waals surface area contributed by atoms with Crippen LogP contribution >= 0.6 is 15.9 Å². The molecule has 0 saturated heterocycles. The normalized spacial score (nSPS) is 8.60. The van der Waals surface area contributed by atoms with Gasteiger partial charge in [0.25, 0.3) is 0 Å². The van der Waals surface area contributed by atoms with Crippen molar-refractivity contribution in [3.8, 4) is 0 Å². The zero-order valence-electron chi connectivity index (χ0n) is 4.76. The minimum Gasteiger partial charge on any atom is -0.385 e. The molecule has 0 unspecified atom stereocenters.